The second kappa shape index (κ2) is 2.21. The molecule has 1 N–H and O–H groups in total. The quantitative estimate of drug-likeness (QED) is 0.511. The molecule has 0 aromatic carbocycles. The highest BCUT2D eigenvalue weighted by Gasteiger charge is 2.47. The minimum Gasteiger partial charge on any atom is -0.461 e. The van der Waals surface area contributed by atoms with Gasteiger partial charge in [-0.2, -0.15) is 0 Å². The molecule has 2 aliphatic rings. The van der Waals surface area contributed by atoms with Gasteiger partial charge in [-0.3, -0.25) is 4.79 Å². The fraction of sp³-hybridized carbons (Fsp3) is 0.875. The predicted octanol–water partition coefficient (Wildman–Crippen LogP) is 0.298. The average Bonchev–Trinajstić information content (AvgIpc) is 2.38. The van der Waals surface area contributed by atoms with Crippen LogP contribution in [0.5, 0.6) is 0 Å². The number of esters is 1. The normalized spacial score (nSPS) is 49.1. The summed E-state index contributed by atoms with van der Waals surface area (Å²) in [4.78, 5) is 11.1. The van der Waals surface area contributed by atoms with Gasteiger partial charge in [0.25, 0.3) is 0 Å². The number of ether oxygens (including phenoxy) is 1. The number of cyclic esters (lactones) is 1. The third kappa shape index (κ3) is 0.948. The first-order chi connectivity index (χ1) is 5.18. The topological polar surface area (TPSA) is 38.3 Å². The number of hydrogen-bond acceptors (Lipinski definition) is 3. The van der Waals surface area contributed by atoms with Crippen molar-refractivity contribution < 1.29 is 9.53 Å². The smallest absolute Gasteiger partial charge is 0.311 e. The third-order valence-electron chi connectivity index (χ3n) is 2.63. The van der Waals surface area contributed by atoms with Gasteiger partial charge in [0, 0.05) is 6.04 Å². The molecule has 0 radical (unpaired) electrons. The molecule has 3 heteroatoms. The van der Waals surface area contributed by atoms with Crippen molar-refractivity contribution >= 4 is 5.97 Å². The zero-order valence-corrected chi connectivity index (χ0v) is 6.83. The molecule has 0 aliphatic carbocycles. The number of carbonyl (C=O) groups is 1. The molecule has 0 amide bonds. The summed E-state index contributed by atoms with van der Waals surface area (Å²) in [5.74, 6) is 0.111. The molecule has 2 aliphatic heterocycles. The molecule has 4 atom stereocenters. The summed E-state index contributed by atoms with van der Waals surface area (Å²) in [5, 5.41) is 3.35. The van der Waals surface area contributed by atoms with Crippen LogP contribution < -0.4 is 5.32 Å². The van der Waals surface area contributed by atoms with Crippen molar-refractivity contribution in [2.75, 3.05) is 0 Å². The molecule has 0 bridgehead atoms. The number of carbonyl (C=O) groups excluding carboxylic acids is 1. The Morgan fingerprint density at radius 2 is 2.27 bits per heavy atom. The van der Waals surface area contributed by atoms with E-state index in [0.717, 1.165) is 6.42 Å². The molecule has 2 heterocycles. The standard InChI is InChI=1S/C8H13NO2/c1-4-3-6-7(9-4)5(2)11-8(6)10/h4-7,9H,3H2,1-2H3. The van der Waals surface area contributed by atoms with Crippen molar-refractivity contribution in [1.29, 1.82) is 0 Å². The molecule has 0 aromatic heterocycles. The van der Waals surface area contributed by atoms with E-state index in [0.29, 0.717) is 6.04 Å². The van der Waals surface area contributed by atoms with Gasteiger partial charge < -0.3 is 10.1 Å². The van der Waals surface area contributed by atoms with Gasteiger partial charge in [0.05, 0.1) is 12.0 Å². The first-order valence-electron chi connectivity index (χ1n) is 4.15. The summed E-state index contributed by atoms with van der Waals surface area (Å²) in [6, 6.07) is 0.748. The van der Waals surface area contributed by atoms with Crippen molar-refractivity contribution in [3.8, 4) is 0 Å². The molecule has 3 nitrogen and oxygen atoms in total. The molecule has 2 rings (SSSR count). The van der Waals surface area contributed by atoms with E-state index in [-0.39, 0.29) is 24.0 Å². The summed E-state index contributed by atoms with van der Waals surface area (Å²) in [7, 11) is 0. The SMILES string of the molecule is CC1CC2C(=O)OC(C)C2N1. The Bertz CT molecular complexity index is 193. The first kappa shape index (κ1) is 7.10. The third-order valence-corrected chi connectivity index (χ3v) is 2.63. The first-order valence-corrected chi connectivity index (χ1v) is 4.15. The van der Waals surface area contributed by atoms with Crippen molar-refractivity contribution in [3.05, 3.63) is 0 Å². The maximum absolute atomic E-state index is 11.1. The summed E-state index contributed by atoms with van der Waals surface area (Å²) >= 11 is 0. The lowest BCUT2D eigenvalue weighted by Gasteiger charge is -2.12. The molecular weight excluding hydrogens is 142 g/mol. The Labute approximate surface area is 66.1 Å². The second-order valence-electron chi connectivity index (χ2n) is 3.58. The van der Waals surface area contributed by atoms with E-state index < -0.39 is 0 Å². The summed E-state index contributed by atoms with van der Waals surface area (Å²) in [6.07, 6.45) is 1.01. The van der Waals surface area contributed by atoms with E-state index in [9.17, 15) is 4.79 Å². The Hall–Kier alpha value is -0.570. The summed E-state index contributed by atoms with van der Waals surface area (Å²) in [6.45, 7) is 4.06. The van der Waals surface area contributed by atoms with Crippen LogP contribution in [0.25, 0.3) is 0 Å². The van der Waals surface area contributed by atoms with E-state index in [1.807, 2.05) is 6.92 Å². The van der Waals surface area contributed by atoms with E-state index >= 15 is 0 Å². The molecule has 2 saturated heterocycles. The Morgan fingerprint density at radius 1 is 1.55 bits per heavy atom. The van der Waals surface area contributed by atoms with Gasteiger partial charge in [-0.05, 0) is 20.3 Å². The van der Waals surface area contributed by atoms with Crippen LogP contribution in [0.1, 0.15) is 20.3 Å². The van der Waals surface area contributed by atoms with E-state index in [1.165, 1.54) is 0 Å². The molecule has 0 spiro atoms. The minimum absolute atomic E-state index is 0.0145. The molecular formula is C8H13NO2. The predicted molar refractivity (Wildman–Crippen MR) is 40.0 cm³/mol. The van der Waals surface area contributed by atoms with Crippen molar-refractivity contribution in [3.63, 3.8) is 0 Å². The number of fused-ring (bicyclic) bond motifs is 1. The second-order valence-corrected chi connectivity index (χ2v) is 3.58. The average molecular weight is 155 g/mol. The van der Waals surface area contributed by atoms with Crippen molar-refractivity contribution in [2.24, 2.45) is 5.92 Å². The zero-order chi connectivity index (χ0) is 8.01. The maximum Gasteiger partial charge on any atom is 0.311 e. The summed E-state index contributed by atoms with van der Waals surface area (Å²) in [5.41, 5.74) is 0. The number of rotatable bonds is 0. The molecule has 62 valence electrons. The molecule has 4 unspecified atom stereocenters. The van der Waals surface area contributed by atoms with Crippen LogP contribution in [0, 0.1) is 5.92 Å². The van der Waals surface area contributed by atoms with Crippen LogP contribution in [0.2, 0.25) is 0 Å². The van der Waals surface area contributed by atoms with Gasteiger partial charge in [-0.25, -0.2) is 0 Å². The number of hydrogen-bond donors (Lipinski definition) is 1. The van der Waals surface area contributed by atoms with Crippen LogP contribution in [0.15, 0.2) is 0 Å². The van der Waals surface area contributed by atoms with Crippen LogP contribution in [-0.2, 0) is 9.53 Å². The highest BCUT2D eigenvalue weighted by Crippen LogP contribution is 2.31. The minimum atomic E-state index is -0.0145. The van der Waals surface area contributed by atoms with Crippen molar-refractivity contribution in [2.45, 2.75) is 38.5 Å². The van der Waals surface area contributed by atoms with Crippen molar-refractivity contribution in [1.82, 2.24) is 5.32 Å². The zero-order valence-electron chi connectivity index (χ0n) is 6.83. The summed E-state index contributed by atoms with van der Waals surface area (Å²) < 4.78 is 5.08. The van der Waals surface area contributed by atoms with Crippen LogP contribution in [0.3, 0.4) is 0 Å². The Balaban J connectivity index is 2.16. The highest BCUT2D eigenvalue weighted by molar-refractivity contribution is 5.76. The highest BCUT2D eigenvalue weighted by atomic mass is 16.6. The molecule has 2 fully saturated rings. The lowest BCUT2D eigenvalue weighted by Crippen LogP contribution is -2.35. The fourth-order valence-corrected chi connectivity index (χ4v) is 2.09. The van der Waals surface area contributed by atoms with Gasteiger partial charge in [-0.15, -0.1) is 0 Å². The van der Waals surface area contributed by atoms with Gasteiger partial charge >= 0.3 is 5.97 Å². The lowest BCUT2D eigenvalue weighted by atomic mass is 10.00. The fourth-order valence-electron chi connectivity index (χ4n) is 2.09. The van der Waals surface area contributed by atoms with Gasteiger partial charge in [0.1, 0.15) is 6.10 Å². The molecule has 0 saturated carbocycles. The number of nitrogens with one attached hydrogen (secondary N) is 1. The van der Waals surface area contributed by atoms with Gasteiger partial charge in [-0.1, -0.05) is 0 Å². The van der Waals surface area contributed by atoms with E-state index in [2.05, 4.69) is 12.2 Å². The van der Waals surface area contributed by atoms with Gasteiger partial charge in [0.2, 0.25) is 0 Å². The largest absolute Gasteiger partial charge is 0.461 e. The Kier molecular flexibility index (Phi) is 1.42. The van der Waals surface area contributed by atoms with Crippen LogP contribution >= 0.6 is 0 Å². The van der Waals surface area contributed by atoms with E-state index in [1.54, 1.807) is 0 Å². The molecule has 11 heavy (non-hydrogen) atoms. The van der Waals surface area contributed by atoms with Crippen LogP contribution in [-0.4, -0.2) is 24.2 Å². The van der Waals surface area contributed by atoms with Crippen LogP contribution in [0.4, 0.5) is 0 Å². The molecule has 0 aromatic rings. The Morgan fingerprint density at radius 3 is 2.91 bits per heavy atom. The maximum atomic E-state index is 11.1. The lowest BCUT2D eigenvalue weighted by molar-refractivity contribution is -0.144. The monoisotopic (exact) mass is 155 g/mol. The van der Waals surface area contributed by atoms with Gasteiger partial charge in [0.15, 0.2) is 0 Å². The van der Waals surface area contributed by atoms with E-state index in [4.69, 9.17) is 4.74 Å².